The first-order valence-electron chi connectivity index (χ1n) is 8.58. The van der Waals surface area contributed by atoms with Gasteiger partial charge in [-0.3, -0.25) is 0 Å². The van der Waals surface area contributed by atoms with Gasteiger partial charge in [-0.05, 0) is 17.7 Å². The van der Waals surface area contributed by atoms with E-state index >= 15 is 0 Å². The summed E-state index contributed by atoms with van der Waals surface area (Å²) in [6.07, 6.45) is 1.60. The Morgan fingerprint density at radius 2 is 1.85 bits per heavy atom. The second-order valence-electron chi connectivity index (χ2n) is 6.33. The molecule has 1 aliphatic heterocycles. The number of fused-ring (bicyclic) bond motifs is 1. The van der Waals surface area contributed by atoms with Crippen LogP contribution in [0.4, 0.5) is 4.39 Å². The van der Waals surface area contributed by atoms with E-state index in [0.29, 0.717) is 30.6 Å². The van der Waals surface area contributed by atoms with Crippen LogP contribution in [0.5, 0.6) is 0 Å². The fourth-order valence-corrected chi connectivity index (χ4v) is 3.21. The smallest absolute Gasteiger partial charge is 0.278 e. The molecule has 3 heterocycles. The molecule has 0 saturated heterocycles. The number of imidazole rings is 1. The molecular weight excluding hydrogens is 347 g/mol. The van der Waals surface area contributed by atoms with Crippen LogP contribution >= 0.6 is 0 Å². The lowest BCUT2D eigenvalue weighted by molar-refractivity contribution is 0.00327. The summed E-state index contributed by atoms with van der Waals surface area (Å²) in [5.41, 5.74) is 3.33. The van der Waals surface area contributed by atoms with E-state index in [1.165, 1.54) is 12.1 Å². The van der Waals surface area contributed by atoms with Gasteiger partial charge in [-0.15, -0.1) is 0 Å². The topological polar surface area (TPSA) is 66.0 Å². The Morgan fingerprint density at radius 1 is 1.04 bits per heavy atom. The highest BCUT2D eigenvalue weighted by atomic mass is 19.1. The van der Waals surface area contributed by atoms with Gasteiger partial charge in [0.1, 0.15) is 11.9 Å². The summed E-state index contributed by atoms with van der Waals surface area (Å²) in [4.78, 5) is 8.91. The van der Waals surface area contributed by atoms with E-state index in [1.54, 1.807) is 18.5 Å². The van der Waals surface area contributed by atoms with Crippen LogP contribution in [0.25, 0.3) is 23.0 Å². The predicted octanol–water partition coefficient (Wildman–Crippen LogP) is 4.01. The van der Waals surface area contributed by atoms with Gasteiger partial charge in [-0.1, -0.05) is 47.6 Å². The number of hydrogen-bond donors (Lipinski definition) is 0. The van der Waals surface area contributed by atoms with Crippen LogP contribution in [0.1, 0.15) is 17.4 Å². The monoisotopic (exact) mass is 362 g/mol. The third-order valence-electron chi connectivity index (χ3n) is 4.63. The number of ether oxygens (including phenoxy) is 1. The van der Waals surface area contributed by atoms with Crippen LogP contribution in [-0.4, -0.2) is 19.7 Å². The molecule has 0 spiro atoms. The molecule has 0 bridgehead atoms. The Labute approximate surface area is 154 Å². The molecule has 5 rings (SSSR count). The first-order valence-corrected chi connectivity index (χ1v) is 8.58. The van der Waals surface area contributed by atoms with Gasteiger partial charge in [0.25, 0.3) is 5.89 Å². The van der Waals surface area contributed by atoms with Crippen LogP contribution in [0.2, 0.25) is 0 Å². The van der Waals surface area contributed by atoms with Crippen LogP contribution in [0.3, 0.4) is 0 Å². The highest BCUT2D eigenvalue weighted by Gasteiger charge is 2.26. The van der Waals surface area contributed by atoms with E-state index in [9.17, 15) is 4.39 Å². The zero-order chi connectivity index (χ0) is 18.2. The molecule has 134 valence electrons. The third kappa shape index (κ3) is 2.92. The quantitative estimate of drug-likeness (QED) is 0.551. The Hall–Kier alpha value is -3.32. The van der Waals surface area contributed by atoms with Crippen molar-refractivity contribution in [3.63, 3.8) is 0 Å². The molecule has 4 aromatic rings. The van der Waals surface area contributed by atoms with Gasteiger partial charge in [0, 0.05) is 5.56 Å². The van der Waals surface area contributed by atoms with E-state index < -0.39 is 0 Å². The van der Waals surface area contributed by atoms with Crippen molar-refractivity contribution >= 4 is 0 Å². The van der Waals surface area contributed by atoms with Crippen molar-refractivity contribution < 1.29 is 13.7 Å². The highest BCUT2D eigenvalue weighted by Crippen LogP contribution is 2.31. The normalized spacial score (nSPS) is 16.3. The Morgan fingerprint density at radius 3 is 2.67 bits per heavy atom. The van der Waals surface area contributed by atoms with Crippen molar-refractivity contribution in [3.05, 3.63) is 78.0 Å². The van der Waals surface area contributed by atoms with Crippen molar-refractivity contribution in [2.45, 2.75) is 19.3 Å². The lowest BCUT2D eigenvalue weighted by Gasteiger charge is -2.25. The second-order valence-corrected chi connectivity index (χ2v) is 6.33. The van der Waals surface area contributed by atoms with Gasteiger partial charge in [0.2, 0.25) is 5.82 Å². The predicted molar refractivity (Wildman–Crippen MR) is 94.9 cm³/mol. The summed E-state index contributed by atoms with van der Waals surface area (Å²) in [5.74, 6) is 0.630. The van der Waals surface area contributed by atoms with E-state index in [0.717, 1.165) is 16.8 Å². The highest BCUT2D eigenvalue weighted by molar-refractivity contribution is 5.58. The molecule has 27 heavy (non-hydrogen) atoms. The van der Waals surface area contributed by atoms with Gasteiger partial charge < -0.3 is 13.8 Å². The zero-order valence-corrected chi connectivity index (χ0v) is 14.2. The molecular formula is C20H15FN4O2. The molecule has 1 unspecified atom stereocenters. The summed E-state index contributed by atoms with van der Waals surface area (Å²) in [5, 5.41) is 4.05. The maximum atomic E-state index is 13.1. The van der Waals surface area contributed by atoms with Gasteiger partial charge in [0.15, 0.2) is 5.69 Å². The largest absolute Gasteiger partial charge is 0.365 e. The lowest BCUT2D eigenvalue weighted by atomic mass is 10.1. The summed E-state index contributed by atoms with van der Waals surface area (Å²) in [6.45, 7) is 0.952. The average molecular weight is 362 g/mol. The second kappa shape index (κ2) is 6.44. The minimum absolute atomic E-state index is 0.150. The SMILES string of the molecule is Fc1ccc(C2Cn3cnc(-c4nc(-c5ccccc5)no4)c3CO2)cc1. The number of nitrogens with zero attached hydrogens (tertiary/aromatic N) is 4. The first-order chi connectivity index (χ1) is 13.3. The molecule has 2 aromatic carbocycles. The van der Waals surface area contributed by atoms with Gasteiger partial charge >= 0.3 is 0 Å². The molecule has 2 aromatic heterocycles. The maximum Gasteiger partial charge on any atom is 0.278 e. The number of halogens is 1. The molecule has 0 N–H and O–H groups in total. The molecule has 6 nitrogen and oxygen atoms in total. The van der Waals surface area contributed by atoms with Crippen LogP contribution in [-0.2, 0) is 17.9 Å². The Kier molecular flexibility index (Phi) is 3.79. The molecule has 0 aliphatic carbocycles. The van der Waals surface area contributed by atoms with Crippen LogP contribution in [0.15, 0.2) is 65.4 Å². The van der Waals surface area contributed by atoms with Crippen LogP contribution < -0.4 is 0 Å². The summed E-state index contributed by atoms with van der Waals surface area (Å²) in [6, 6.07) is 16.0. The minimum Gasteiger partial charge on any atom is -0.365 e. The fraction of sp³-hybridized carbons (Fsp3) is 0.150. The minimum atomic E-state index is -0.259. The Balaban J connectivity index is 1.42. The lowest BCUT2D eigenvalue weighted by Crippen LogP contribution is -2.20. The average Bonchev–Trinajstić information content (AvgIpc) is 3.36. The molecule has 0 amide bonds. The first kappa shape index (κ1) is 15.9. The standard InChI is InChI=1S/C20H15FN4O2/c21-15-8-6-13(7-9-15)17-10-25-12-22-18(16(25)11-26-17)20-23-19(24-27-20)14-4-2-1-3-5-14/h1-9,12,17H,10-11H2. The Bertz CT molecular complexity index is 1070. The van der Waals surface area contributed by atoms with Crippen molar-refractivity contribution in [2.75, 3.05) is 0 Å². The van der Waals surface area contributed by atoms with Crippen LogP contribution in [0, 0.1) is 5.82 Å². The third-order valence-corrected chi connectivity index (χ3v) is 4.63. The van der Waals surface area contributed by atoms with E-state index in [-0.39, 0.29) is 11.9 Å². The van der Waals surface area contributed by atoms with E-state index in [2.05, 4.69) is 15.1 Å². The van der Waals surface area contributed by atoms with E-state index in [4.69, 9.17) is 9.26 Å². The number of hydrogen-bond acceptors (Lipinski definition) is 5. The molecule has 0 saturated carbocycles. The summed E-state index contributed by atoms with van der Waals surface area (Å²) < 4.78 is 26.5. The van der Waals surface area contributed by atoms with Crippen molar-refractivity contribution in [1.29, 1.82) is 0 Å². The molecule has 1 aliphatic rings. The maximum absolute atomic E-state index is 13.1. The van der Waals surface area contributed by atoms with Gasteiger partial charge in [0.05, 0.1) is 25.2 Å². The van der Waals surface area contributed by atoms with Gasteiger partial charge in [-0.2, -0.15) is 4.98 Å². The number of rotatable bonds is 3. The number of benzene rings is 2. The van der Waals surface area contributed by atoms with Gasteiger partial charge in [-0.25, -0.2) is 9.37 Å². The molecule has 1 atom stereocenters. The van der Waals surface area contributed by atoms with Crippen molar-refractivity contribution in [1.82, 2.24) is 19.7 Å². The summed E-state index contributed by atoms with van der Waals surface area (Å²) >= 11 is 0. The van der Waals surface area contributed by atoms with E-state index in [1.807, 2.05) is 34.9 Å². The number of aromatic nitrogens is 4. The molecule has 7 heteroatoms. The molecule has 0 fully saturated rings. The van der Waals surface area contributed by atoms with Crippen molar-refractivity contribution in [2.24, 2.45) is 0 Å². The van der Waals surface area contributed by atoms with Crippen molar-refractivity contribution in [3.8, 4) is 23.0 Å². The molecule has 0 radical (unpaired) electrons. The zero-order valence-electron chi connectivity index (χ0n) is 14.2. The summed E-state index contributed by atoms with van der Waals surface area (Å²) in [7, 11) is 0. The fourth-order valence-electron chi connectivity index (χ4n) is 3.21.